The third-order valence-corrected chi connectivity index (χ3v) is 3.68. The molecule has 0 fully saturated rings. The number of carbonyl (C=O) groups excluding carboxylic acids is 1. The zero-order valence-corrected chi connectivity index (χ0v) is 13.5. The monoisotopic (exact) mass is 316 g/mol. The molecule has 0 aliphatic rings. The van der Waals surface area contributed by atoms with Crippen molar-refractivity contribution in [1.82, 2.24) is 4.90 Å². The fourth-order valence-electron chi connectivity index (χ4n) is 2.25. The minimum absolute atomic E-state index is 0.154. The molecule has 3 nitrogen and oxygen atoms in total. The third kappa shape index (κ3) is 5.08. The lowest BCUT2D eigenvalue weighted by Crippen LogP contribution is -2.31. The van der Waals surface area contributed by atoms with Gasteiger partial charge in [-0.25, -0.2) is 0 Å². The second-order valence-electron chi connectivity index (χ2n) is 5.08. The summed E-state index contributed by atoms with van der Waals surface area (Å²) in [5, 5.41) is 3.92. The highest BCUT2D eigenvalue weighted by Gasteiger charge is 2.11. The van der Waals surface area contributed by atoms with E-state index in [0.717, 1.165) is 11.3 Å². The van der Waals surface area contributed by atoms with Crippen molar-refractivity contribution in [1.29, 1.82) is 0 Å². The van der Waals surface area contributed by atoms with Gasteiger partial charge in [0.1, 0.15) is 0 Å². The van der Waals surface area contributed by atoms with Gasteiger partial charge >= 0.3 is 0 Å². The Morgan fingerprint density at radius 2 is 1.91 bits per heavy atom. The van der Waals surface area contributed by atoms with E-state index in [1.165, 1.54) is 0 Å². The van der Waals surface area contributed by atoms with Gasteiger partial charge in [-0.05, 0) is 30.7 Å². The fraction of sp³-hybridized carbons (Fsp3) is 0.278. The Morgan fingerprint density at radius 3 is 2.59 bits per heavy atom. The molecule has 0 heterocycles. The Bertz CT molecular complexity index is 601. The smallest absolute Gasteiger partial charge is 0.224 e. The van der Waals surface area contributed by atoms with Gasteiger partial charge in [0.2, 0.25) is 5.91 Å². The first-order valence-electron chi connectivity index (χ1n) is 7.50. The number of hydrogen-bond donors (Lipinski definition) is 1. The molecule has 4 heteroatoms. The van der Waals surface area contributed by atoms with Gasteiger partial charge in [-0.15, -0.1) is 0 Å². The highest BCUT2D eigenvalue weighted by atomic mass is 35.5. The average Bonchev–Trinajstić information content (AvgIpc) is 2.53. The summed E-state index contributed by atoms with van der Waals surface area (Å²) < 4.78 is 0. The normalized spacial score (nSPS) is 10.3. The average molecular weight is 317 g/mol. The van der Waals surface area contributed by atoms with E-state index in [1.54, 1.807) is 0 Å². The second-order valence-corrected chi connectivity index (χ2v) is 5.52. The summed E-state index contributed by atoms with van der Waals surface area (Å²) in [5.41, 5.74) is 2.09. The Balaban J connectivity index is 1.82. The molecule has 0 aliphatic carbocycles. The van der Waals surface area contributed by atoms with Crippen molar-refractivity contribution >= 4 is 23.2 Å². The first-order chi connectivity index (χ1) is 10.7. The van der Waals surface area contributed by atoms with Gasteiger partial charge in [0.05, 0.1) is 0 Å². The summed E-state index contributed by atoms with van der Waals surface area (Å²) in [6.07, 6.45) is 0.465. The van der Waals surface area contributed by atoms with Crippen molar-refractivity contribution in [2.45, 2.75) is 19.9 Å². The van der Waals surface area contributed by atoms with E-state index in [4.69, 9.17) is 11.6 Å². The fourth-order valence-corrected chi connectivity index (χ4v) is 2.44. The Kier molecular flexibility index (Phi) is 6.28. The van der Waals surface area contributed by atoms with Gasteiger partial charge in [0.15, 0.2) is 0 Å². The summed E-state index contributed by atoms with van der Waals surface area (Å²) >= 11 is 5.93. The van der Waals surface area contributed by atoms with Gasteiger partial charge < -0.3 is 10.2 Å². The molecule has 0 saturated heterocycles. The van der Waals surface area contributed by atoms with Gasteiger partial charge in [-0.1, -0.05) is 48.0 Å². The molecular weight excluding hydrogens is 296 g/mol. The van der Waals surface area contributed by atoms with E-state index in [1.807, 2.05) is 66.4 Å². The molecule has 1 amide bonds. The molecule has 0 bridgehead atoms. The molecular formula is C18H21ClN2O. The summed E-state index contributed by atoms with van der Waals surface area (Å²) in [4.78, 5) is 14.2. The van der Waals surface area contributed by atoms with Crippen LogP contribution in [0.2, 0.25) is 5.02 Å². The van der Waals surface area contributed by atoms with Crippen molar-refractivity contribution in [3.05, 3.63) is 65.2 Å². The summed E-state index contributed by atoms with van der Waals surface area (Å²) in [7, 11) is 0. The van der Waals surface area contributed by atoms with Gasteiger partial charge in [-0.2, -0.15) is 0 Å². The van der Waals surface area contributed by atoms with Crippen molar-refractivity contribution in [3.63, 3.8) is 0 Å². The number of carbonyl (C=O) groups is 1. The first kappa shape index (κ1) is 16.4. The zero-order valence-electron chi connectivity index (χ0n) is 12.8. The van der Waals surface area contributed by atoms with Gasteiger partial charge in [0.25, 0.3) is 0 Å². The minimum Gasteiger partial charge on any atom is -0.384 e. The molecule has 2 aromatic rings. The number of halogens is 1. The number of hydrogen-bond acceptors (Lipinski definition) is 2. The molecule has 1 N–H and O–H groups in total. The van der Waals surface area contributed by atoms with Crippen LogP contribution in [-0.4, -0.2) is 23.9 Å². The topological polar surface area (TPSA) is 32.3 Å². The molecule has 2 aromatic carbocycles. The van der Waals surface area contributed by atoms with Crippen molar-refractivity contribution < 1.29 is 4.79 Å². The van der Waals surface area contributed by atoms with E-state index in [-0.39, 0.29) is 5.91 Å². The van der Waals surface area contributed by atoms with Crippen LogP contribution >= 0.6 is 11.6 Å². The van der Waals surface area contributed by atoms with Gasteiger partial charge in [-0.3, -0.25) is 4.79 Å². The largest absolute Gasteiger partial charge is 0.384 e. The van der Waals surface area contributed by atoms with Crippen molar-refractivity contribution in [2.75, 3.05) is 18.4 Å². The first-order valence-corrected chi connectivity index (χ1v) is 7.88. The van der Waals surface area contributed by atoms with Crippen molar-refractivity contribution in [3.8, 4) is 0 Å². The maximum absolute atomic E-state index is 12.3. The number of rotatable bonds is 7. The summed E-state index contributed by atoms with van der Waals surface area (Å²) in [6.45, 7) is 3.98. The molecule has 0 spiro atoms. The number of nitrogens with one attached hydrogen (secondary N) is 1. The van der Waals surface area contributed by atoms with Crippen LogP contribution in [0.3, 0.4) is 0 Å². The molecule has 0 unspecified atom stereocenters. The quantitative estimate of drug-likeness (QED) is 0.830. The number of nitrogens with zero attached hydrogens (tertiary/aromatic N) is 1. The van der Waals surface area contributed by atoms with Crippen LogP contribution in [-0.2, 0) is 11.3 Å². The van der Waals surface area contributed by atoms with Crippen LogP contribution < -0.4 is 5.32 Å². The second kappa shape index (κ2) is 8.44. The van der Waals surface area contributed by atoms with E-state index in [9.17, 15) is 4.79 Å². The lowest BCUT2D eigenvalue weighted by atomic mass is 10.2. The minimum atomic E-state index is 0.154. The standard InChI is InChI=1S/C18H21ClN2O/c1-2-21(14-15-7-4-3-5-8-15)18(22)11-12-20-17-10-6-9-16(19)13-17/h3-10,13,20H,2,11-12,14H2,1H3. The van der Waals surface area contributed by atoms with E-state index < -0.39 is 0 Å². The Labute approximate surface area is 136 Å². The highest BCUT2D eigenvalue weighted by molar-refractivity contribution is 6.30. The SMILES string of the molecule is CCN(Cc1ccccc1)C(=O)CCNc1cccc(Cl)c1. The molecule has 0 aromatic heterocycles. The summed E-state index contributed by atoms with van der Waals surface area (Å²) in [5.74, 6) is 0.154. The molecule has 0 saturated carbocycles. The van der Waals surface area contributed by atoms with Crippen LogP contribution in [0.1, 0.15) is 18.9 Å². The van der Waals surface area contributed by atoms with Crippen LogP contribution in [0.5, 0.6) is 0 Å². The maximum Gasteiger partial charge on any atom is 0.224 e. The van der Waals surface area contributed by atoms with Crippen LogP contribution in [0, 0.1) is 0 Å². The number of anilines is 1. The van der Waals surface area contributed by atoms with Crippen LogP contribution in [0.4, 0.5) is 5.69 Å². The van der Waals surface area contributed by atoms with E-state index >= 15 is 0 Å². The molecule has 0 radical (unpaired) electrons. The van der Waals surface area contributed by atoms with Crippen LogP contribution in [0.25, 0.3) is 0 Å². The third-order valence-electron chi connectivity index (χ3n) is 3.44. The van der Waals surface area contributed by atoms with Crippen LogP contribution in [0.15, 0.2) is 54.6 Å². The van der Waals surface area contributed by atoms with Gasteiger partial charge in [0, 0.05) is 36.8 Å². The number of benzene rings is 2. The lowest BCUT2D eigenvalue weighted by molar-refractivity contribution is -0.131. The molecule has 0 atom stereocenters. The van der Waals surface area contributed by atoms with Crippen molar-refractivity contribution in [2.24, 2.45) is 0 Å². The lowest BCUT2D eigenvalue weighted by Gasteiger charge is -2.21. The zero-order chi connectivity index (χ0) is 15.8. The predicted molar refractivity (Wildman–Crippen MR) is 92.1 cm³/mol. The van der Waals surface area contributed by atoms with E-state index in [0.29, 0.717) is 31.1 Å². The van der Waals surface area contributed by atoms with E-state index in [2.05, 4.69) is 5.32 Å². The maximum atomic E-state index is 12.3. The molecule has 22 heavy (non-hydrogen) atoms. The molecule has 116 valence electrons. The summed E-state index contributed by atoms with van der Waals surface area (Å²) in [6, 6.07) is 17.6. The molecule has 0 aliphatic heterocycles. The molecule has 2 rings (SSSR count). The Hall–Kier alpha value is -2.00. The number of amides is 1. The Morgan fingerprint density at radius 1 is 1.14 bits per heavy atom. The highest BCUT2D eigenvalue weighted by Crippen LogP contribution is 2.15. The predicted octanol–water partition coefficient (Wildman–Crippen LogP) is 4.19.